The molecule has 2 amide bonds. The molecule has 158 valence electrons. The molecule has 2 aliphatic heterocycles. The van der Waals surface area contributed by atoms with Crippen molar-refractivity contribution >= 4 is 29.2 Å². The summed E-state index contributed by atoms with van der Waals surface area (Å²) in [5.41, 5.74) is -0.526. The number of rotatable bonds is 5. The third kappa shape index (κ3) is 4.67. The molecule has 2 fully saturated rings. The monoisotopic (exact) mass is 407 g/mol. The topological polar surface area (TPSA) is 119 Å². The van der Waals surface area contributed by atoms with Crippen molar-refractivity contribution in [1.82, 2.24) is 5.32 Å². The maximum atomic E-state index is 14.9. The molecule has 2 aliphatic rings. The van der Waals surface area contributed by atoms with Crippen LogP contribution in [0.15, 0.2) is 18.2 Å². The van der Waals surface area contributed by atoms with Gasteiger partial charge < -0.3 is 20.4 Å². The number of aliphatic hydroxyl groups is 1. The molecule has 4 atom stereocenters. The number of carbonyl (C=O) groups excluding carboxylic acids is 2. The van der Waals surface area contributed by atoms with Gasteiger partial charge in [0.15, 0.2) is 0 Å². The Morgan fingerprint density at radius 2 is 1.97 bits per heavy atom. The summed E-state index contributed by atoms with van der Waals surface area (Å²) in [4.78, 5) is 36.0. The van der Waals surface area contributed by atoms with Crippen LogP contribution in [-0.4, -0.2) is 51.7 Å². The number of piperidine rings is 2. The molecule has 9 heteroatoms. The van der Waals surface area contributed by atoms with E-state index in [-0.39, 0.29) is 43.7 Å². The number of nitrogens with zero attached hydrogens (tertiary/aromatic N) is 1. The zero-order valence-electron chi connectivity index (χ0n) is 16.4. The number of imide groups is 1. The summed E-state index contributed by atoms with van der Waals surface area (Å²) in [5.74, 6) is -2.28. The molecule has 1 aromatic rings. The molecule has 0 spiro atoms. The van der Waals surface area contributed by atoms with Gasteiger partial charge in [-0.05, 0) is 51.3 Å². The Morgan fingerprint density at radius 1 is 1.31 bits per heavy atom. The van der Waals surface area contributed by atoms with Crippen molar-refractivity contribution in [2.75, 3.05) is 10.2 Å². The largest absolute Gasteiger partial charge is 0.481 e. The zero-order valence-corrected chi connectivity index (χ0v) is 16.4. The standard InChI is InChI=1S/C20H26FN3O5/c1-11-8-20(29,10-18(26)27)9-12(2)24(11)16-5-3-13(7-14(16)21)22-15-4-6-17(25)23-19(15)28/h3,5,7,11-12,15,22,29H,4,6,8-10H2,1-2H3,(H,26,27)(H,23,25,28)/t11-,12+,15?,20?. The van der Waals surface area contributed by atoms with Crippen molar-refractivity contribution in [2.45, 2.75) is 69.7 Å². The lowest BCUT2D eigenvalue weighted by Crippen LogP contribution is -2.55. The summed E-state index contributed by atoms with van der Waals surface area (Å²) < 4.78 is 14.9. The number of carboxylic acid groups (broad SMARTS) is 1. The molecule has 29 heavy (non-hydrogen) atoms. The lowest BCUT2D eigenvalue weighted by Gasteiger charge is -2.47. The molecule has 1 aromatic carbocycles. The number of carbonyl (C=O) groups is 3. The van der Waals surface area contributed by atoms with Crippen molar-refractivity contribution in [1.29, 1.82) is 0 Å². The molecule has 0 bridgehead atoms. The van der Waals surface area contributed by atoms with Gasteiger partial charge in [-0.25, -0.2) is 4.39 Å². The van der Waals surface area contributed by atoms with Crippen LogP contribution in [0.1, 0.15) is 46.0 Å². The quantitative estimate of drug-likeness (QED) is 0.548. The molecule has 8 nitrogen and oxygen atoms in total. The second-order valence-electron chi connectivity index (χ2n) is 8.12. The van der Waals surface area contributed by atoms with Crippen molar-refractivity contribution in [3.63, 3.8) is 0 Å². The van der Waals surface area contributed by atoms with Gasteiger partial charge in [-0.2, -0.15) is 0 Å². The Kier molecular flexibility index (Phi) is 5.79. The van der Waals surface area contributed by atoms with Gasteiger partial charge in [0, 0.05) is 24.2 Å². The maximum Gasteiger partial charge on any atom is 0.306 e. The van der Waals surface area contributed by atoms with Gasteiger partial charge >= 0.3 is 5.97 Å². The molecular formula is C20H26FN3O5. The summed E-state index contributed by atoms with van der Waals surface area (Å²) in [7, 11) is 0. The maximum absolute atomic E-state index is 14.9. The number of benzene rings is 1. The molecule has 2 heterocycles. The van der Waals surface area contributed by atoms with E-state index in [1.54, 1.807) is 12.1 Å². The Morgan fingerprint density at radius 3 is 2.52 bits per heavy atom. The fourth-order valence-electron chi connectivity index (χ4n) is 4.55. The highest BCUT2D eigenvalue weighted by molar-refractivity contribution is 6.01. The van der Waals surface area contributed by atoms with E-state index >= 15 is 0 Å². The SMILES string of the molecule is C[C@@H]1CC(O)(CC(=O)O)C[C@H](C)N1c1ccc(NC2CCC(=O)NC2=O)cc1F. The summed E-state index contributed by atoms with van der Waals surface area (Å²) >= 11 is 0. The summed E-state index contributed by atoms with van der Waals surface area (Å²) in [6.45, 7) is 3.66. The molecule has 0 radical (unpaired) electrons. The molecule has 4 N–H and O–H groups in total. The number of nitrogens with one attached hydrogen (secondary N) is 2. The van der Waals surface area contributed by atoms with Crippen LogP contribution in [-0.2, 0) is 14.4 Å². The first kappa shape index (κ1) is 21.0. The first-order chi connectivity index (χ1) is 13.6. The number of hydrogen-bond donors (Lipinski definition) is 4. The van der Waals surface area contributed by atoms with E-state index in [2.05, 4.69) is 10.6 Å². The first-order valence-corrected chi connectivity index (χ1v) is 9.70. The van der Waals surface area contributed by atoms with E-state index in [0.29, 0.717) is 17.8 Å². The van der Waals surface area contributed by atoms with Crippen LogP contribution in [0.4, 0.5) is 15.8 Å². The fraction of sp³-hybridized carbons (Fsp3) is 0.550. The minimum atomic E-state index is -1.31. The number of amides is 2. The van der Waals surface area contributed by atoms with Crippen molar-refractivity contribution in [2.24, 2.45) is 0 Å². The van der Waals surface area contributed by atoms with Crippen LogP contribution < -0.4 is 15.5 Å². The van der Waals surface area contributed by atoms with Crippen LogP contribution in [0.3, 0.4) is 0 Å². The average molecular weight is 407 g/mol. The number of halogens is 1. The Bertz CT molecular complexity index is 818. The molecule has 2 saturated heterocycles. The first-order valence-electron chi connectivity index (χ1n) is 9.70. The van der Waals surface area contributed by atoms with E-state index in [9.17, 15) is 23.9 Å². The highest BCUT2D eigenvalue weighted by atomic mass is 19.1. The predicted molar refractivity (Wildman–Crippen MR) is 104 cm³/mol. The molecule has 0 aliphatic carbocycles. The summed E-state index contributed by atoms with van der Waals surface area (Å²) in [6, 6.07) is 3.46. The fourth-order valence-corrected chi connectivity index (χ4v) is 4.55. The van der Waals surface area contributed by atoms with Crippen molar-refractivity contribution in [3.05, 3.63) is 24.0 Å². The Labute approximate surface area is 168 Å². The molecular weight excluding hydrogens is 381 g/mol. The normalized spacial score (nSPS) is 30.1. The third-order valence-electron chi connectivity index (χ3n) is 5.59. The molecule has 2 unspecified atom stereocenters. The highest BCUT2D eigenvalue weighted by Crippen LogP contribution is 2.38. The zero-order chi connectivity index (χ0) is 21.3. The lowest BCUT2D eigenvalue weighted by atomic mass is 9.80. The van der Waals surface area contributed by atoms with Gasteiger partial charge in [0.05, 0.1) is 17.7 Å². The lowest BCUT2D eigenvalue weighted by molar-refractivity contribution is -0.144. The number of hydrogen-bond acceptors (Lipinski definition) is 6. The van der Waals surface area contributed by atoms with Crippen LogP contribution in [0.2, 0.25) is 0 Å². The van der Waals surface area contributed by atoms with E-state index in [1.165, 1.54) is 6.07 Å². The smallest absolute Gasteiger partial charge is 0.306 e. The summed E-state index contributed by atoms with van der Waals surface area (Å²) in [5, 5.41) is 24.9. The van der Waals surface area contributed by atoms with Gasteiger partial charge in [0.1, 0.15) is 11.9 Å². The average Bonchev–Trinajstić information content (AvgIpc) is 2.57. The van der Waals surface area contributed by atoms with E-state index in [4.69, 9.17) is 5.11 Å². The minimum absolute atomic E-state index is 0.222. The van der Waals surface area contributed by atoms with Crippen molar-refractivity contribution < 1.29 is 29.0 Å². The van der Waals surface area contributed by atoms with E-state index in [0.717, 1.165) is 0 Å². The second kappa shape index (κ2) is 7.98. The van der Waals surface area contributed by atoms with E-state index < -0.39 is 29.3 Å². The van der Waals surface area contributed by atoms with Gasteiger partial charge in [0.25, 0.3) is 0 Å². The van der Waals surface area contributed by atoms with Crippen molar-refractivity contribution in [3.8, 4) is 0 Å². The Hall–Kier alpha value is -2.68. The third-order valence-corrected chi connectivity index (χ3v) is 5.59. The number of aliphatic carboxylic acids is 1. The van der Waals surface area contributed by atoms with Gasteiger partial charge in [-0.3, -0.25) is 19.7 Å². The summed E-state index contributed by atoms with van der Waals surface area (Å²) in [6.07, 6.45) is 0.675. The van der Waals surface area contributed by atoms with E-state index in [1.807, 2.05) is 18.7 Å². The second-order valence-corrected chi connectivity index (χ2v) is 8.12. The minimum Gasteiger partial charge on any atom is -0.481 e. The number of anilines is 2. The van der Waals surface area contributed by atoms with Gasteiger partial charge in [0.2, 0.25) is 11.8 Å². The molecule has 3 rings (SSSR count). The van der Waals surface area contributed by atoms with Crippen LogP contribution in [0.5, 0.6) is 0 Å². The molecule has 0 saturated carbocycles. The van der Waals surface area contributed by atoms with Crippen LogP contribution in [0.25, 0.3) is 0 Å². The predicted octanol–water partition coefficient (Wildman–Crippen LogP) is 1.63. The number of carboxylic acids is 1. The Balaban J connectivity index is 1.74. The van der Waals surface area contributed by atoms with Crippen LogP contribution in [0, 0.1) is 5.82 Å². The highest BCUT2D eigenvalue weighted by Gasteiger charge is 2.42. The van der Waals surface area contributed by atoms with Crippen LogP contribution >= 0.6 is 0 Å². The van der Waals surface area contributed by atoms with Gasteiger partial charge in [-0.1, -0.05) is 0 Å². The molecule has 0 aromatic heterocycles. The van der Waals surface area contributed by atoms with Gasteiger partial charge in [-0.15, -0.1) is 0 Å².